The van der Waals surface area contributed by atoms with Gasteiger partial charge in [0.2, 0.25) is 0 Å². The maximum atomic E-state index is 7.85. The first kappa shape index (κ1) is 9.79. The number of aryl methyl sites for hydroxylation is 2. The molecule has 18 heavy (non-hydrogen) atoms. The molecule has 0 atom stereocenters. The molecule has 2 aromatic rings. The molecule has 0 aliphatic carbocycles. The Balaban J connectivity index is 2.73. The predicted octanol–water partition coefficient (Wildman–Crippen LogP) is 3.91. The molecule has 1 nitrogen and oxygen atoms in total. The zero-order chi connectivity index (χ0) is 15.8. The number of benzene rings is 1. The number of nitrogens with zero attached hydrogens (tertiary/aromatic N) is 1. The summed E-state index contributed by atoms with van der Waals surface area (Å²) >= 11 is -2.31. The predicted molar refractivity (Wildman–Crippen MR) is 82.1 cm³/mol. The van der Waals surface area contributed by atoms with Gasteiger partial charge >= 0.3 is 117 Å². The monoisotopic (exact) mass is 304 g/mol. The first-order valence-electron chi connectivity index (χ1n) is 7.69. The summed E-state index contributed by atoms with van der Waals surface area (Å²) < 4.78 is 24.6. The third-order valence-corrected chi connectivity index (χ3v) is 7.51. The van der Waals surface area contributed by atoms with Crippen LogP contribution in [0.3, 0.4) is 0 Å². The van der Waals surface area contributed by atoms with E-state index in [4.69, 9.17) is 4.11 Å². The van der Waals surface area contributed by atoms with Gasteiger partial charge in [-0.25, -0.2) is 0 Å². The van der Waals surface area contributed by atoms with Crippen molar-refractivity contribution in [2.45, 2.75) is 31.0 Å². The Morgan fingerprint density at radius 1 is 1.11 bits per heavy atom. The van der Waals surface area contributed by atoms with Crippen LogP contribution in [0.2, 0.25) is 17.3 Å². The summed E-state index contributed by atoms with van der Waals surface area (Å²) in [5, 5.41) is 0. The molecule has 2 heteroatoms. The third kappa shape index (κ3) is 2.66. The molecule has 94 valence electrons. The molecule has 0 unspecified atom stereocenters. The van der Waals surface area contributed by atoms with Crippen molar-refractivity contribution in [3.63, 3.8) is 0 Å². The zero-order valence-corrected chi connectivity index (χ0v) is 13.5. The average molecular weight is 303 g/mol. The van der Waals surface area contributed by atoms with Gasteiger partial charge in [-0.05, 0) is 0 Å². The molecule has 1 aromatic heterocycles. The van der Waals surface area contributed by atoms with Gasteiger partial charge in [-0.2, -0.15) is 0 Å². The number of hydrogen-bond donors (Lipinski definition) is 0. The molecule has 0 aliphatic rings. The van der Waals surface area contributed by atoms with Gasteiger partial charge in [0.1, 0.15) is 0 Å². The van der Waals surface area contributed by atoms with Crippen LogP contribution >= 0.6 is 0 Å². The normalized spacial score (nSPS) is 14.8. The van der Waals surface area contributed by atoms with E-state index >= 15 is 0 Å². The summed E-state index contributed by atoms with van der Waals surface area (Å²) in [4.78, 5) is 4.53. The van der Waals surface area contributed by atoms with Crippen LogP contribution in [0.25, 0.3) is 11.3 Å². The van der Waals surface area contributed by atoms with Gasteiger partial charge in [0.25, 0.3) is 0 Å². The first-order valence-corrected chi connectivity index (χ1v) is 13.5. The van der Waals surface area contributed by atoms with E-state index in [9.17, 15) is 0 Å². The van der Waals surface area contributed by atoms with Crippen LogP contribution in [0.1, 0.15) is 15.4 Å². The number of rotatable bonds is 2. The molecule has 0 aliphatic heterocycles. The molecular formula is C16H21GeN. The topological polar surface area (TPSA) is 12.9 Å². The Bertz CT molecular complexity index is 643. The Labute approximate surface area is 117 Å². The van der Waals surface area contributed by atoms with Crippen molar-refractivity contribution in [2.75, 3.05) is 0 Å². The van der Waals surface area contributed by atoms with Crippen LogP contribution in [0.4, 0.5) is 0 Å². The van der Waals surface area contributed by atoms with Crippen LogP contribution in [0, 0.1) is 13.8 Å². The van der Waals surface area contributed by atoms with E-state index < -0.39 is 20.1 Å². The third-order valence-electron chi connectivity index (χ3n) is 3.04. The Morgan fingerprint density at radius 3 is 2.33 bits per heavy atom. The summed E-state index contributed by atoms with van der Waals surface area (Å²) in [5.74, 6) is 6.63. The van der Waals surface area contributed by atoms with Crippen LogP contribution in [-0.4, -0.2) is 18.3 Å². The van der Waals surface area contributed by atoms with Crippen molar-refractivity contribution in [2.24, 2.45) is 0 Å². The molecular weight excluding hydrogens is 279 g/mol. The maximum absolute atomic E-state index is 7.85. The van der Waals surface area contributed by atoms with Crippen molar-refractivity contribution in [1.29, 1.82) is 0 Å². The second kappa shape index (κ2) is 4.89. The van der Waals surface area contributed by atoms with Gasteiger partial charge in [-0.15, -0.1) is 0 Å². The second-order valence-corrected chi connectivity index (χ2v) is 16.2. The molecule has 0 saturated heterocycles. The molecule has 0 N–H and O–H groups in total. The van der Waals surface area contributed by atoms with Crippen molar-refractivity contribution in [1.82, 2.24) is 4.98 Å². The number of aromatic nitrogens is 1. The molecule has 1 heterocycles. The van der Waals surface area contributed by atoms with Gasteiger partial charge in [-0.3, -0.25) is 0 Å². The summed E-state index contributed by atoms with van der Waals surface area (Å²) in [6, 6.07) is 11.8. The Hall–Kier alpha value is -1.09. The first-order chi connectivity index (χ1) is 9.60. The van der Waals surface area contributed by atoms with Gasteiger partial charge in [0.05, 0.1) is 0 Å². The molecule has 0 radical (unpaired) electrons. The van der Waals surface area contributed by atoms with E-state index in [2.05, 4.69) is 22.3 Å². The quantitative estimate of drug-likeness (QED) is 0.767. The van der Waals surface area contributed by atoms with Crippen LogP contribution in [-0.2, 0) is 0 Å². The van der Waals surface area contributed by atoms with Crippen LogP contribution in [0.5, 0.6) is 0 Å². The molecule has 0 spiro atoms. The minimum absolute atomic E-state index is 0.300. The number of pyridine rings is 1. The fraction of sp³-hybridized carbons (Fsp3) is 0.312. The summed E-state index contributed by atoms with van der Waals surface area (Å²) in [5.41, 5.74) is 3.06. The number of hydrogen-bond acceptors (Lipinski definition) is 1. The molecule has 0 saturated carbocycles. The fourth-order valence-corrected chi connectivity index (χ4v) is 6.62. The molecule has 1 aromatic carbocycles. The molecule has 0 amide bonds. The SMILES string of the molecule is [2H]C([2H])([2H])c1nc(-c2ccccc2)cc(C)[c]1[Ge]([CH3])([CH3])[CH3]. The minimum atomic E-state index is -2.31. The molecule has 0 bridgehead atoms. The average Bonchev–Trinajstić information content (AvgIpc) is 2.36. The summed E-state index contributed by atoms with van der Waals surface area (Å²) in [6.45, 7) is -0.154. The van der Waals surface area contributed by atoms with Crippen molar-refractivity contribution in [3.05, 3.63) is 47.7 Å². The van der Waals surface area contributed by atoms with E-state index in [1.807, 2.05) is 43.3 Å². The van der Waals surface area contributed by atoms with Crippen molar-refractivity contribution in [3.8, 4) is 11.3 Å². The summed E-state index contributed by atoms with van der Waals surface area (Å²) in [7, 11) is 0. The molecule has 2 rings (SSSR count). The Morgan fingerprint density at radius 2 is 1.78 bits per heavy atom. The van der Waals surface area contributed by atoms with Crippen molar-refractivity contribution >= 4 is 17.7 Å². The van der Waals surface area contributed by atoms with Gasteiger partial charge in [0.15, 0.2) is 0 Å². The Kier molecular flexibility index (Phi) is 2.66. The van der Waals surface area contributed by atoms with E-state index in [0.717, 1.165) is 21.2 Å². The van der Waals surface area contributed by atoms with E-state index in [0.29, 0.717) is 5.69 Å². The van der Waals surface area contributed by atoms with Crippen LogP contribution in [0.15, 0.2) is 36.4 Å². The zero-order valence-electron chi connectivity index (χ0n) is 14.4. The second-order valence-electron chi connectivity index (χ2n) is 5.66. The van der Waals surface area contributed by atoms with Gasteiger partial charge in [0, 0.05) is 0 Å². The van der Waals surface area contributed by atoms with Crippen molar-refractivity contribution < 1.29 is 4.11 Å². The summed E-state index contributed by atoms with van der Waals surface area (Å²) in [6.07, 6.45) is 0. The van der Waals surface area contributed by atoms with E-state index in [-0.39, 0.29) is 0 Å². The van der Waals surface area contributed by atoms with E-state index in [1.165, 1.54) is 0 Å². The molecule has 0 fully saturated rings. The van der Waals surface area contributed by atoms with E-state index in [1.54, 1.807) is 0 Å². The van der Waals surface area contributed by atoms with Gasteiger partial charge < -0.3 is 0 Å². The standard InChI is InChI=1S/C16H21GeN/c1-12-11-15(14-9-7-6-8-10-14)18-13(2)16(12)17(3,4)5/h6-11H,1-5H3/i2D3. The van der Waals surface area contributed by atoms with Crippen LogP contribution < -0.4 is 4.40 Å². The fourth-order valence-electron chi connectivity index (χ4n) is 2.38. The van der Waals surface area contributed by atoms with Gasteiger partial charge in [-0.1, -0.05) is 0 Å².